The lowest BCUT2D eigenvalue weighted by Gasteiger charge is -2.26. The van der Waals surface area contributed by atoms with Crippen molar-refractivity contribution < 1.29 is 14.3 Å². The number of ether oxygens (including phenoxy) is 2. The van der Waals surface area contributed by atoms with E-state index in [1.54, 1.807) is 0 Å². The van der Waals surface area contributed by atoms with Gasteiger partial charge in [0.15, 0.2) is 0 Å². The van der Waals surface area contributed by atoms with Gasteiger partial charge in [-0.3, -0.25) is 4.79 Å². The number of hydrogen-bond acceptors (Lipinski definition) is 4. The Kier molecular flexibility index (Phi) is 3.37. The number of carbonyl (C=O) groups is 1. The second-order valence-electron chi connectivity index (χ2n) is 4.05. The zero-order chi connectivity index (χ0) is 9.80. The Balaban J connectivity index is 1.57. The maximum atomic E-state index is 11.3. The van der Waals surface area contributed by atoms with Gasteiger partial charge in [-0.2, -0.15) is 0 Å². The number of rotatable bonds is 4. The van der Waals surface area contributed by atoms with Crippen molar-refractivity contribution >= 4 is 5.97 Å². The van der Waals surface area contributed by atoms with Crippen molar-refractivity contribution in [2.75, 3.05) is 26.3 Å². The maximum Gasteiger partial charge on any atom is 0.306 e. The normalized spacial score (nSPS) is 27.3. The highest BCUT2D eigenvalue weighted by molar-refractivity contribution is 5.69. The molecule has 0 bridgehead atoms. The molecule has 0 aromatic carbocycles. The fourth-order valence-corrected chi connectivity index (χ4v) is 1.75. The first-order chi connectivity index (χ1) is 6.84. The van der Waals surface area contributed by atoms with Crippen molar-refractivity contribution in [2.24, 2.45) is 5.92 Å². The molecule has 1 N–H and O–H groups in total. The summed E-state index contributed by atoms with van der Waals surface area (Å²) >= 11 is 0. The highest BCUT2D eigenvalue weighted by atomic mass is 16.6. The molecule has 2 aliphatic rings. The Bertz CT molecular complexity index is 198. The average molecular weight is 199 g/mol. The summed E-state index contributed by atoms with van der Waals surface area (Å²) in [5.74, 6) is 0.416. The van der Waals surface area contributed by atoms with Gasteiger partial charge in [-0.15, -0.1) is 0 Å². The van der Waals surface area contributed by atoms with Gasteiger partial charge in [0.25, 0.3) is 0 Å². The first-order valence-electron chi connectivity index (χ1n) is 5.32. The number of carbonyl (C=O) groups excluding carboxylic acids is 1. The molecule has 4 heteroatoms. The highest BCUT2D eigenvalue weighted by Gasteiger charge is 2.22. The van der Waals surface area contributed by atoms with E-state index >= 15 is 0 Å². The summed E-state index contributed by atoms with van der Waals surface area (Å²) in [5, 5.41) is 3.13. The van der Waals surface area contributed by atoms with Crippen LogP contribution >= 0.6 is 0 Å². The van der Waals surface area contributed by atoms with Crippen molar-refractivity contribution in [3.8, 4) is 0 Å². The van der Waals surface area contributed by atoms with Gasteiger partial charge in [0, 0.05) is 6.61 Å². The molecule has 2 aliphatic heterocycles. The molecule has 0 aliphatic carbocycles. The van der Waals surface area contributed by atoms with E-state index in [1.807, 2.05) is 0 Å². The Morgan fingerprint density at radius 2 is 2.36 bits per heavy atom. The van der Waals surface area contributed by atoms with Crippen LogP contribution in [-0.4, -0.2) is 38.4 Å². The van der Waals surface area contributed by atoms with Gasteiger partial charge in [-0.25, -0.2) is 0 Å². The molecule has 2 fully saturated rings. The molecule has 2 heterocycles. The average Bonchev–Trinajstić information content (AvgIpc) is 2.60. The molecular formula is C10H17NO3. The van der Waals surface area contributed by atoms with E-state index in [2.05, 4.69) is 5.32 Å². The lowest BCUT2D eigenvalue weighted by atomic mass is 10.00. The van der Waals surface area contributed by atoms with Crippen molar-refractivity contribution in [1.29, 1.82) is 0 Å². The second-order valence-corrected chi connectivity index (χ2v) is 4.05. The summed E-state index contributed by atoms with van der Waals surface area (Å²) in [6, 6.07) is 0. The molecule has 0 amide bonds. The van der Waals surface area contributed by atoms with Crippen LogP contribution in [-0.2, 0) is 14.3 Å². The Morgan fingerprint density at radius 3 is 2.93 bits per heavy atom. The Hall–Kier alpha value is -0.610. The molecule has 1 unspecified atom stereocenters. The summed E-state index contributed by atoms with van der Waals surface area (Å²) in [6.07, 6.45) is 2.82. The lowest BCUT2D eigenvalue weighted by molar-refractivity contribution is -0.148. The lowest BCUT2D eigenvalue weighted by Crippen LogP contribution is -2.43. The van der Waals surface area contributed by atoms with Crippen LogP contribution in [0.15, 0.2) is 0 Å². The Morgan fingerprint density at radius 1 is 1.50 bits per heavy atom. The fourth-order valence-electron chi connectivity index (χ4n) is 1.75. The molecule has 0 spiro atoms. The summed E-state index contributed by atoms with van der Waals surface area (Å²) in [6.45, 7) is 3.16. The summed E-state index contributed by atoms with van der Waals surface area (Å²) in [7, 11) is 0. The minimum Gasteiger partial charge on any atom is -0.463 e. The van der Waals surface area contributed by atoms with Gasteiger partial charge in [-0.1, -0.05) is 0 Å². The minimum absolute atomic E-state index is 0.0769. The minimum atomic E-state index is -0.0769. The van der Waals surface area contributed by atoms with E-state index in [-0.39, 0.29) is 12.1 Å². The van der Waals surface area contributed by atoms with E-state index in [4.69, 9.17) is 9.47 Å². The van der Waals surface area contributed by atoms with Crippen LogP contribution in [0.4, 0.5) is 0 Å². The molecule has 0 saturated carbocycles. The quantitative estimate of drug-likeness (QED) is 0.662. The second kappa shape index (κ2) is 4.75. The van der Waals surface area contributed by atoms with Gasteiger partial charge in [-0.05, 0) is 31.8 Å². The van der Waals surface area contributed by atoms with E-state index in [9.17, 15) is 4.79 Å². The number of nitrogens with one attached hydrogen (secondary N) is 1. The molecule has 4 nitrogen and oxygen atoms in total. The highest BCUT2D eigenvalue weighted by Crippen LogP contribution is 2.13. The zero-order valence-corrected chi connectivity index (χ0v) is 8.33. The van der Waals surface area contributed by atoms with Crippen LogP contribution in [0.25, 0.3) is 0 Å². The third-order valence-electron chi connectivity index (χ3n) is 2.78. The number of esters is 1. The molecule has 2 rings (SSSR count). The molecule has 80 valence electrons. The molecule has 0 radical (unpaired) electrons. The molecule has 0 aromatic rings. The van der Waals surface area contributed by atoms with Gasteiger partial charge < -0.3 is 14.8 Å². The van der Waals surface area contributed by atoms with E-state index in [0.717, 1.165) is 32.5 Å². The van der Waals surface area contributed by atoms with E-state index in [1.165, 1.54) is 0 Å². The van der Waals surface area contributed by atoms with Crippen LogP contribution in [0.2, 0.25) is 0 Å². The SMILES string of the molecule is O=C(CC1CNC1)OCC1CCCO1. The molecule has 2 saturated heterocycles. The summed E-state index contributed by atoms with van der Waals surface area (Å²) in [4.78, 5) is 11.3. The summed E-state index contributed by atoms with van der Waals surface area (Å²) < 4.78 is 10.5. The first-order valence-corrected chi connectivity index (χ1v) is 5.32. The van der Waals surface area contributed by atoms with Gasteiger partial charge in [0.1, 0.15) is 6.61 Å². The zero-order valence-electron chi connectivity index (χ0n) is 8.33. The fraction of sp³-hybridized carbons (Fsp3) is 0.900. The van der Waals surface area contributed by atoms with Crippen molar-refractivity contribution in [3.05, 3.63) is 0 Å². The molecular weight excluding hydrogens is 182 g/mol. The smallest absolute Gasteiger partial charge is 0.306 e. The molecule has 0 aromatic heterocycles. The third-order valence-corrected chi connectivity index (χ3v) is 2.78. The standard InChI is InChI=1S/C10H17NO3/c12-10(4-8-5-11-6-8)14-7-9-2-1-3-13-9/h8-9,11H,1-7H2. The van der Waals surface area contributed by atoms with Crippen LogP contribution in [0.1, 0.15) is 19.3 Å². The van der Waals surface area contributed by atoms with E-state index in [0.29, 0.717) is 18.9 Å². The monoisotopic (exact) mass is 199 g/mol. The van der Waals surface area contributed by atoms with Gasteiger partial charge in [0.05, 0.1) is 12.5 Å². The van der Waals surface area contributed by atoms with Crippen LogP contribution in [0, 0.1) is 5.92 Å². The van der Waals surface area contributed by atoms with Gasteiger partial charge >= 0.3 is 5.97 Å². The predicted octanol–water partition coefficient (Wildman–Crippen LogP) is 0.318. The third kappa shape index (κ3) is 2.69. The molecule has 14 heavy (non-hydrogen) atoms. The maximum absolute atomic E-state index is 11.3. The molecule has 1 atom stereocenters. The van der Waals surface area contributed by atoms with Crippen LogP contribution in [0.5, 0.6) is 0 Å². The van der Waals surface area contributed by atoms with Crippen LogP contribution < -0.4 is 5.32 Å². The largest absolute Gasteiger partial charge is 0.463 e. The van der Waals surface area contributed by atoms with Crippen LogP contribution in [0.3, 0.4) is 0 Å². The predicted molar refractivity (Wildman–Crippen MR) is 50.9 cm³/mol. The summed E-state index contributed by atoms with van der Waals surface area (Å²) in [5.41, 5.74) is 0. The van der Waals surface area contributed by atoms with Crippen molar-refractivity contribution in [1.82, 2.24) is 5.32 Å². The number of hydrogen-bond donors (Lipinski definition) is 1. The topological polar surface area (TPSA) is 47.6 Å². The van der Waals surface area contributed by atoms with Crippen molar-refractivity contribution in [2.45, 2.75) is 25.4 Å². The first kappa shape index (κ1) is 9.93. The van der Waals surface area contributed by atoms with E-state index < -0.39 is 0 Å². The Labute approximate surface area is 84.0 Å². The van der Waals surface area contributed by atoms with Crippen molar-refractivity contribution in [3.63, 3.8) is 0 Å². The van der Waals surface area contributed by atoms with Gasteiger partial charge in [0.2, 0.25) is 0 Å².